The summed E-state index contributed by atoms with van der Waals surface area (Å²) in [7, 11) is 0. The molecule has 1 amide bonds. The van der Waals surface area contributed by atoms with E-state index in [1.807, 2.05) is 6.07 Å². The van der Waals surface area contributed by atoms with Crippen molar-refractivity contribution in [3.8, 4) is 0 Å². The highest BCUT2D eigenvalue weighted by Crippen LogP contribution is 2.07. The lowest BCUT2D eigenvalue weighted by atomic mass is 10.3. The first-order valence-electron chi connectivity index (χ1n) is 6.26. The Morgan fingerprint density at radius 1 is 1.29 bits per heavy atom. The number of unbranched alkanes of at least 4 members (excludes halogenated alkanes) is 1. The van der Waals surface area contributed by atoms with Crippen molar-refractivity contribution in [3.05, 3.63) is 24.0 Å². The molecule has 4 nitrogen and oxygen atoms in total. The Kier molecular flexibility index (Phi) is 6.07. The van der Waals surface area contributed by atoms with Crippen LogP contribution in [0, 0.1) is 0 Å². The van der Waals surface area contributed by atoms with Crippen molar-refractivity contribution in [2.75, 3.05) is 18.4 Å². The first kappa shape index (κ1) is 13.5. The third-order valence-electron chi connectivity index (χ3n) is 2.39. The van der Waals surface area contributed by atoms with Crippen LogP contribution in [0.15, 0.2) is 18.3 Å². The molecule has 0 saturated carbocycles. The highest BCUT2D eigenvalue weighted by molar-refractivity contribution is 5.93. The smallest absolute Gasteiger partial charge is 0.269 e. The van der Waals surface area contributed by atoms with Crippen LogP contribution < -0.4 is 10.6 Å². The lowest BCUT2D eigenvalue weighted by molar-refractivity contribution is 0.0948. The number of pyridine rings is 1. The van der Waals surface area contributed by atoms with Crippen LogP contribution in [0.1, 0.15) is 43.6 Å². The summed E-state index contributed by atoms with van der Waals surface area (Å²) < 4.78 is 0. The van der Waals surface area contributed by atoms with Crippen LogP contribution in [0.2, 0.25) is 0 Å². The molecule has 94 valence electrons. The van der Waals surface area contributed by atoms with Crippen molar-refractivity contribution in [2.24, 2.45) is 0 Å². The summed E-state index contributed by atoms with van der Waals surface area (Å²) in [4.78, 5) is 15.8. The molecule has 0 aromatic carbocycles. The molecule has 1 rings (SSSR count). The second-order valence-electron chi connectivity index (χ2n) is 3.97. The van der Waals surface area contributed by atoms with Crippen molar-refractivity contribution in [2.45, 2.75) is 33.1 Å². The van der Waals surface area contributed by atoms with Gasteiger partial charge in [-0.2, -0.15) is 0 Å². The fourth-order valence-electron chi connectivity index (χ4n) is 1.40. The Balaban J connectivity index is 2.54. The van der Waals surface area contributed by atoms with Gasteiger partial charge >= 0.3 is 0 Å². The van der Waals surface area contributed by atoms with Crippen LogP contribution >= 0.6 is 0 Å². The number of hydrogen-bond acceptors (Lipinski definition) is 3. The Labute approximate surface area is 103 Å². The van der Waals surface area contributed by atoms with E-state index in [1.165, 1.54) is 0 Å². The molecule has 0 fully saturated rings. The van der Waals surface area contributed by atoms with E-state index in [0.29, 0.717) is 12.2 Å². The van der Waals surface area contributed by atoms with Crippen molar-refractivity contribution in [1.82, 2.24) is 10.3 Å². The summed E-state index contributed by atoms with van der Waals surface area (Å²) in [6.45, 7) is 5.82. The van der Waals surface area contributed by atoms with Gasteiger partial charge in [-0.3, -0.25) is 9.78 Å². The second kappa shape index (κ2) is 7.65. The van der Waals surface area contributed by atoms with E-state index >= 15 is 0 Å². The van der Waals surface area contributed by atoms with Gasteiger partial charge in [0.15, 0.2) is 0 Å². The Morgan fingerprint density at radius 2 is 2.12 bits per heavy atom. The molecule has 17 heavy (non-hydrogen) atoms. The van der Waals surface area contributed by atoms with Gasteiger partial charge in [-0.25, -0.2) is 0 Å². The van der Waals surface area contributed by atoms with Gasteiger partial charge in [-0.15, -0.1) is 0 Å². The average molecular weight is 235 g/mol. The Morgan fingerprint density at radius 3 is 2.82 bits per heavy atom. The van der Waals surface area contributed by atoms with Gasteiger partial charge in [-0.1, -0.05) is 20.3 Å². The predicted molar refractivity (Wildman–Crippen MR) is 70.3 cm³/mol. The normalized spacial score (nSPS) is 10.0. The van der Waals surface area contributed by atoms with E-state index in [0.717, 1.165) is 31.5 Å². The number of anilines is 1. The van der Waals surface area contributed by atoms with Gasteiger partial charge in [0.1, 0.15) is 5.69 Å². The molecule has 1 heterocycles. The molecule has 1 aromatic heterocycles. The molecule has 2 N–H and O–H groups in total. The molecule has 0 radical (unpaired) electrons. The van der Waals surface area contributed by atoms with E-state index in [4.69, 9.17) is 0 Å². The van der Waals surface area contributed by atoms with Crippen molar-refractivity contribution >= 4 is 11.6 Å². The molecule has 0 aliphatic heterocycles. The van der Waals surface area contributed by atoms with Gasteiger partial charge in [-0.05, 0) is 25.0 Å². The van der Waals surface area contributed by atoms with Gasteiger partial charge in [0.2, 0.25) is 0 Å². The number of carbonyl (C=O) groups excluding carboxylic acids is 1. The van der Waals surface area contributed by atoms with Crippen molar-refractivity contribution in [3.63, 3.8) is 0 Å². The van der Waals surface area contributed by atoms with E-state index < -0.39 is 0 Å². The topological polar surface area (TPSA) is 54.0 Å². The summed E-state index contributed by atoms with van der Waals surface area (Å²) in [6.07, 6.45) is 4.79. The van der Waals surface area contributed by atoms with Crippen molar-refractivity contribution in [1.29, 1.82) is 0 Å². The van der Waals surface area contributed by atoms with E-state index in [1.54, 1.807) is 12.3 Å². The average Bonchev–Trinajstić information content (AvgIpc) is 2.37. The summed E-state index contributed by atoms with van der Waals surface area (Å²) >= 11 is 0. The third-order valence-corrected chi connectivity index (χ3v) is 2.39. The quantitative estimate of drug-likeness (QED) is 0.714. The van der Waals surface area contributed by atoms with E-state index in [9.17, 15) is 4.79 Å². The van der Waals surface area contributed by atoms with Gasteiger partial charge in [0, 0.05) is 25.0 Å². The molecule has 0 saturated heterocycles. The maximum Gasteiger partial charge on any atom is 0.269 e. The Hall–Kier alpha value is -1.58. The van der Waals surface area contributed by atoms with Crippen LogP contribution in [0.5, 0.6) is 0 Å². The number of nitrogens with zero attached hydrogens (tertiary/aromatic N) is 1. The van der Waals surface area contributed by atoms with Crippen LogP contribution in [0.25, 0.3) is 0 Å². The zero-order valence-corrected chi connectivity index (χ0v) is 10.6. The monoisotopic (exact) mass is 235 g/mol. The number of amides is 1. The molecule has 0 spiro atoms. The fraction of sp³-hybridized carbons (Fsp3) is 0.538. The van der Waals surface area contributed by atoms with E-state index in [-0.39, 0.29) is 5.91 Å². The molecule has 4 heteroatoms. The summed E-state index contributed by atoms with van der Waals surface area (Å²) in [5.74, 6) is -0.0985. The second-order valence-corrected chi connectivity index (χ2v) is 3.97. The minimum atomic E-state index is -0.0985. The van der Waals surface area contributed by atoms with Crippen LogP contribution in [0.3, 0.4) is 0 Å². The van der Waals surface area contributed by atoms with Crippen LogP contribution in [-0.4, -0.2) is 24.0 Å². The number of carbonyl (C=O) groups is 1. The minimum Gasteiger partial charge on any atom is -0.385 e. The molecule has 0 aliphatic rings. The molecular formula is C13H21N3O. The molecule has 0 bridgehead atoms. The SMILES string of the molecule is CCCCNC(=O)c1cc(NCCC)ccn1. The summed E-state index contributed by atoms with van der Waals surface area (Å²) in [5.41, 5.74) is 1.42. The highest BCUT2D eigenvalue weighted by atomic mass is 16.1. The molecular weight excluding hydrogens is 214 g/mol. The fourth-order valence-corrected chi connectivity index (χ4v) is 1.40. The zero-order valence-electron chi connectivity index (χ0n) is 10.6. The maximum absolute atomic E-state index is 11.7. The molecule has 0 atom stereocenters. The van der Waals surface area contributed by atoms with E-state index in [2.05, 4.69) is 29.5 Å². The van der Waals surface area contributed by atoms with Crippen molar-refractivity contribution < 1.29 is 4.79 Å². The lowest BCUT2D eigenvalue weighted by Crippen LogP contribution is -2.25. The first-order valence-corrected chi connectivity index (χ1v) is 6.26. The summed E-state index contributed by atoms with van der Waals surface area (Å²) in [5, 5.41) is 6.09. The Bertz CT molecular complexity index is 352. The first-order chi connectivity index (χ1) is 8.27. The lowest BCUT2D eigenvalue weighted by Gasteiger charge is -2.07. The number of nitrogens with one attached hydrogen (secondary N) is 2. The zero-order chi connectivity index (χ0) is 12.5. The molecule has 0 aliphatic carbocycles. The standard InChI is InChI=1S/C13H21N3O/c1-3-5-8-16-13(17)12-10-11(6-9-15-12)14-7-4-2/h6,9-10H,3-5,7-8H2,1-2H3,(H,14,15)(H,16,17). The van der Waals surface area contributed by atoms with Gasteiger partial charge in [0.25, 0.3) is 5.91 Å². The van der Waals surface area contributed by atoms with Gasteiger partial charge in [0.05, 0.1) is 0 Å². The van der Waals surface area contributed by atoms with Crippen LogP contribution in [0.4, 0.5) is 5.69 Å². The highest BCUT2D eigenvalue weighted by Gasteiger charge is 2.06. The maximum atomic E-state index is 11.7. The third kappa shape index (κ3) is 4.85. The largest absolute Gasteiger partial charge is 0.385 e. The number of aromatic nitrogens is 1. The van der Waals surface area contributed by atoms with Crippen LogP contribution in [-0.2, 0) is 0 Å². The van der Waals surface area contributed by atoms with Gasteiger partial charge < -0.3 is 10.6 Å². The predicted octanol–water partition coefficient (Wildman–Crippen LogP) is 2.43. The summed E-state index contributed by atoms with van der Waals surface area (Å²) in [6, 6.07) is 3.66. The minimum absolute atomic E-state index is 0.0985. The molecule has 1 aromatic rings. The number of hydrogen-bond donors (Lipinski definition) is 2. The number of rotatable bonds is 7. The molecule has 0 unspecified atom stereocenters.